The molecule has 0 amide bonds. The second-order valence-corrected chi connectivity index (χ2v) is 14.1. The average Bonchev–Trinajstić information content (AvgIpc) is 3.95. The lowest BCUT2D eigenvalue weighted by atomic mass is 9.72. The van der Waals surface area contributed by atoms with Gasteiger partial charge in [0, 0.05) is 68.2 Å². The molecular weight excluding hydrogens is 599 g/mol. The molecule has 3 unspecified atom stereocenters. The minimum Gasteiger partial charge on any atom is -0.456 e. The number of benzene rings is 5. The molecule has 0 bridgehead atoms. The Balaban J connectivity index is 1.16. The summed E-state index contributed by atoms with van der Waals surface area (Å²) in [6.45, 7) is 0. The van der Waals surface area contributed by atoms with Crippen LogP contribution in [0.3, 0.4) is 0 Å². The topological polar surface area (TPSA) is 25.3 Å². The number of furan rings is 1. The van der Waals surface area contributed by atoms with Crippen molar-refractivity contribution in [1.82, 2.24) is 4.40 Å². The van der Waals surface area contributed by atoms with E-state index in [0.29, 0.717) is 0 Å². The maximum atomic E-state index is 6.45. The highest BCUT2D eigenvalue weighted by Gasteiger charge is 2.64. The smallest absolute Gasteiger partial charge is 0.226 e. The zero-order valence-electron chi connectivity index (χ0n) is 26.3. The summed E-state index contributed by atoms with van der Waals surface area (Å²) in [6.07, 6.45) is 9.54. The first-order valence-electron chi connectivity index (χ1n) is 17.2. The second kappa shape index (κ2) is 8.23. The van der Waals surface area contributed by atoms with Crippen LogP contribution in [-0.2, 0) is 5.54 Å². The van der Waals surface area contributed by atoms with Gasteiger partial charge in [0.25, 0.3) is 0 Å². The minimum absolute atomic E-state index is 0.189. The Morgan fingerprint density at radius 1 is 0.571 bits per heavy atom. The predicted octanol–water partition coefficient (Wildman–Crippen LogP) is 9.61. The van der Waals surface area contributed by atoms with Gasteiger partial charge in [-0.3, -0.25) is 0 Å². The number of allylic oxidation sites excluding steroid dienone is 2. The monoisotopic (exact) mass is 625 g/mol. The maximum absolute atomic E-state index is 6.45. The molecule has 10 aromatic rings. The lowest BCUT2D eigenvalue weighted by Crippen LogP contribution is -2.59. The maximum Gasteiger partial charge on any atom is 0.226 e. The highest BCUT2D eigenvalue weighted by Crippen LogP contribution is 2.58. The molecule has 49 heavy (non-hydrogen) atoms. The SMILES string of the molecule is C1=CC2(c3cc4c(cc3-c3cccc[n+]32)c2cccc3c5cc6c(cc5n4c23)oc2ccccc26)C2c3ccccc3-c3cccc[n+]3C12. The lowest BCUT2D eigenvalue weighted by molar-refractivity contribution is -0.752. The molecule has 1 aliphatic carbocycles. The number of para-hydroxylation sites is 2. The van der Waals surface area contributed by atoms with Crippen molar-refractivity contribution in [3.63, 3.8) is 0 Å². The summed E-state index contributed by atoms with van der Waals surface area (Å²) in [6, 6.07) is 47.4. The van der Waals surface area contributed by atoms with Crippen molar-refractivity contribution in [3.05, 3.63) is 163 Å². The van der Waals surface area contributed by atoms with Gasteiger partial charge < -0.3 is 8.82 Å². The highest BCUT2D eigenvalue weighted by atomic mass is 16.3. The summed E-state index contributed by atoms with van der Waals surface area (Å²) in [7, 11) is 0. The van der Waals surface area contributed by atoms with Crippen molar-refractivity contribution in [3.8, 4) is 22.5 Å². The van der Waals surface area contributed by atoms with E-state index in [2.05, 4.69) is 159 Å². The molecular formula is C45H27N3O+2. The molecule has 2 aliphatic heterocycles. The first kappa shape index (κ1) is 24.9. The van der Waals surface area contributed by atoms with Gasteiger partial charge in [0.15, 0.2) is 18.4 Å². The number of aromatic nitrogens is 3. The molecule has 0 N–H and O–H groups in total. The largest absolute Gasteiger partial charge is 0.456 e. The number of hydrogen-bond acceptors (Lipinski definition) is 1. The number of hydrogen-bond donors (Lipinski definition) is 0. The van der Waals surface area contributed by atoms with Gasteiger partial charge in [-0.25, -0.2) is 0 Å². The zero-order valence-corrected chi connectivity index (χ0v) is 26.3. The van der Waals surface area contributed by atoms with Crippen LogP contribution in [0.2, 0.25) is 0 Å². The van der Waals surface area contributed by atoms with Crippen molar-refractivity contribution >= 4 is 60.0 Å². The van der Waals surface area contributed by atoms with Crippen LogP contribution in [0, 0.1) is 0 Å². The Hall–Kier alpha value is -6.26. The van der Waals surface area contributed by atoms with Gasteiger partial charge in [-0.1, -0.05) is 54.6 Å². The molecule has 13 rings (SSSR count). The number of rotatable bonds is 0. The number of pyridine rings is 2. The molecule has 4 nitrogen and oxygen atoms in total. The third kappa shape index (κ3) is 2.72. The quantitative estimate of drug-likeness (QED) is 0.122. The van der Waals surface area contributed by atoms with E-state index in [9.17, 15) is 0 Å². The molecule has 3 atom stereocenters. The average molecular weight is 626 g/mol. The highest BCUT2D eigenvalue weighted by molar-refractivity contribution is 6.26. The number of fused-ring (bicyclic) bond motifs is 21. The van der Waals surface area contributed by atoms with Crippen LogP contribution in [0.1, 0.15) is 23.1 Å². The van der Waals surface area contributed by atoms with Crippen molar-refractivity contribution in [2.45, 2.75) is 17.5 Å². The zero-order chi connectivity index (χ0) is 31.6. The molecule has 1 spiro atoms. The first-order valence-corrected chi connectivity index (χ1v) is 17.2. The van der Waals surface area contributed by atoms with E-state index in [0.717, 1.165) is 11.2 Å². The first-order chi connectivity index (χ1) is 24.3. The normalized spacial score (nSPS) is 20.2. The summed E-state index contributed by atoms with van der Waals surface area (Å²) in [5.41, 5.74) is 13.2. The van der Waals surface area contributed by atoms with Crippen molar-refractivity contribution < 1.29 is 13.6 Å². The molecule has 3 aliphatic rings. The Labute approximate surface area is 280 Å². The molecule has 0 fully saturated rings. The molecule has 7 heterocycles. The summed E-state index contributed by atoms with van der Waals surface area (Å²) < 4.78 is 14.0. The summed E-state index contributed by atoms with van der Waals surface area (Å²) in [5, 5.41) is 7.48. The minimum atomic E-state index is -0.384. The fourth-order valence-corrected chi connectivity index (χ4v) is 10.2. The summed E-state index contributed by atoms with van der Waals surface area (Å²) >= 11 is 0. The Bertz CT molecular complexity index is 3140. The molecule has 5 aromatic heterocycles. The van der Waals surface area contributed by atoms with Crippen molar-refractivity contribution in [2.75, 3.05) is 0 Å². The third-order valence-corrected chi connectivity index (χ3v) is 12.1. The van der Waals surface area contributed by atoms with E-state index in [1.807, 2.05) is 6.07 Å². The van der Waals surface area contributed by atoms with Gasteiger partial charge in [0.1, 0.15) is 17.1 Å². The van der Waals surface area contributed by atoms with E-state index in [1.54, 1.807) is 0 Å². The van der Waals surface area contributed by atoms with E-state index in [1.165, 1.54) is 82.5 Å². The Kier molecular flexibility index (Phi) is 4.17. The molecule has 0 radical (unpaired) electrons. The van der Waals surface area contributed by atoms with E-state index >= 15 is 0 Å². The van der Waals surface area contributed by atoms with E-state index in [4.69, 9.17) is 4.42 Å². The van der Waals surface area contributed by atoms with E-state index < -0.39 is 0 Å². The molecule has 0 saturated carbocycles. The standard InChI is InChI=1S/C45H27N3O/c1-2-12-28-26(10-1)36-15-5-7-20-46(36)38-18-19-45(43(28)38)35-24-39-32(23-34(35)37-16-6-8-21-47(37)45)30-14-9-13-29-31-22-33-27-11-3-4-17-41(27)49-42(33)25-40(31)48(39)44(29)30/h1-25,38,43H/q+2. The fourth-order valence-electron chi connectivity index (χ4n) is 10.2. The van der Waals surface area contributed by atoms with Crippen molar-refractivity contribution in [2.24, 2.45) is 0 Å². The molecule has 0 saturated heterocycles. The molecule has 4 heteroatoms. The van der Waals surface area contributed by atoms with Crippen LogP contribution in [0.15, 0.2) is 156 Å². The van der Waals surface area contributed by atoms with Crippen LogP contribution < -0.4 is 9.13 Å². The number of nitrogens with zero attached hydrogens (tertiary/aromatic N) is 3. The third-order valence-electron chi connectivity index (χ3n) is 12.1. The van der Waals surface area contributed by atoms with Gasteiger partial charge in [-0.05, 0) is 60.2 Å². The second-order valence-electron chi connectivity index (χ2n) is 14.1. The Morgan fingerprint density at radius 2 is 1.33 bits per heavy atom. The van der Waals surface area contributed by atoms with Gasteiger partial charge in [-0.15, -0.1) is 0 Å². The van der Waals surface area contributed by atoms with Gasteiger partial charge in [0.2, 0.25) is 16.9 Å². The lowest BCUT2D eigenvalue weighted by Gasteiger charge is -2.33. The van der Waals surface area contributed by atoms with Gasteiger partial charge in [0.05, 0.1) is 27.7 Å². The van der Waals surface area contributed by atoms with E-state index in [-0.39, 0.29) is 17.5 Å². The van der Waals surface area contributed by atoms with Crippen LogP contribution in [0.4, 0.5) is 0 Å². The fraction of sp³-hybridized carbons (Fsp3) is 0.0667. The summed E-state index contributed by atoms with van der Waals surface area (Å²) in [5.74, 6) is 0.189. The predicted molar refractivity (Wildman–Crippen MR) is 194 cm³/mol. The van der Waals surface area contributed by atoms with Crippen LogP contribution in [0.5, 0.6) is 0 Å². The van der Waals surface area contributed by atoms with Crippen LogP contribution >= 0.6 is 0 Å². The van der Waals surface area contributed by atoms with Crippen LogP contribution in [0.25, 0.3) is 82.5 Å². The molecule has 5 aromatic carbocycles. The molecule has 226 valence electrons. The van der Waals surface area contributed by atoms with Gasteiger partial charge >= 0.3 is 0 Å². The van der Waals surface area contributed by atoms with Crippen molar-refractivity contribution in [1.29, 1.82) is 0 Å². The summed E-state index contributed by atoms with van der Waals surface area (Å²) in [4.78, 5) is 0. The van der Waals surface area contributed by atoms with Crippen LogP contribution in [-0.4, -0.2) is 4.40 Å². The Morgan fingerprint density at radius 3 is 2.27 bits per heavy atom. The van der Waals surface area contributed by atoms with Gasteiger partial charge in [-0.2, -0.15) is 9.13 Å².